The average molecular weight is 386 g/mol. The van der Waals surface area contributed by atoms with Gasteiger partial charge in [-0.05, 0) is 12.1 Å². The fourth-order valence-corrected chi connectivity index (χ4v) is 3.22. The number of imidazole rings is 1. The van der Waals surface area contributed by atoms with Crippen LogP contribution in [0.4, 0.5) is 11.5 Å². The van der Waals surface area contributed by atoms with E-state index in [9.17, 15) is 15.3 Å². The molecule has 4 rings (SSSR count). The van der Waals surface area contributed by atoms with Crippen molar-refractivity contribution in [2.24, 2.45) is 0 Å². The van der Waals surface area contributed by atoms with Gasteiger partial charge < -0.3 is 30.7 Å². The molecule has 28 heavy (non-hydrogen) atoms. The van der Waals surface area contributed by atoms with Gasteiger partial charge in [-0.1, -0.05) is 18.2 Å². The van der Waals surface area contributed by atoms with E-state index in [2.05, 4.69) is 25.6 Å². The van der Waals surface area contributed by atoms with Gasteiger partial charge in [-0.3, -0.25) is 4.57 Å². The predicted molar refractivity (Wildman–Crippen MR) is 102 cm³/mol. The van der Waals surface area contributed by atoms with Crippen molar-refractivity contribution >= 4 is 22.7 Å². The Hall–Kier alpha value is -2.79. The first-order valence-corrected chi connectivity index (χ1v) is 9.02. The number of fused-ring (bicyclic) bond motifs is 1. The molecule has 0 saturated carbocycles. The zero-order valence-corrected chi connectivity index (χ0v) is 15.0. The predicted octanol–water partition coefficient (Wildman–Crippen LogP) is -0.0382. The second-order valence-electron chi connectivity index (χ2n) is 6.49. The van der Waals surface area contributed by atoms with Crippen LogP contribution in [-0.2, 0) is 4.74 Å². The van der Waals surface area contributed by atoms with Crippen LogP contribution in [0.1, 0.15) is 6.23 Å². The molecule has 0 bridgehead atoms. The summed E-state index contributed by atoms with van der Waals surface area (Å²) in [5.41, 5.74) is 2.02. The van der Waals surface area contributed by atoms with E-state index in [1.807, 2.05) is 30.3 Å². The standard InChI is InChI=1S/C18H22N6O4/c25-8-12-14(26)15(27)18(28-12)24-10-23-13-16(21-9-22-17(13)24)20-7-6-19-11-4-2-1-3-5-11/h1-5,9-10,12,14-15,18-19,25-27H,6-8H2,(H,20,21,22)/t12-,14-,15-,18-/m1/s1. The maximum atomic E-state index is 10.2. The molecule has 148 valence electrons. The Kier molecular flexibility index (Phi) is 5.35. The summed E-state index contributed by atoms with van der Waals surface area (Å²) >= 11 is 0. The van der Waals surface area contributed by atoms with Gasteiger partial charge in [0, 0.05) is 18.8 Å². The van der Waals surface area contributed by atoms with Gasteiger partial charge in [-0.25, -0.2) is 15.0 Å². The van der Waals surface area contributed by atoms with E-state index < -0.39 is 31.1 Å². The molecule has 5 N–H and O–H groups in total. The van der Waals surface area contributed by atoms with Gasteiger partial charge in [0.1, 0.15) is 24.6 Å². The van der Waals surface area contributed by atoms with Gasteiger partial charge in [-0.15, -0.1) is 0 Å². The number of nitrogens with zero attached hydrogens (tertiary/aromatic N) is 4. The van der Waals surface area contributed by atoms with Crippen LogP contribution >= 0.6 is 0 Å². The highest BCUT2D eigenvalue weighted by molar-refractivity contribution is 5.82. The zero-order valence-electron chi connectivity index (χ0n) is 15.0. The van der Waals surface area contributed by atoms with Crippen molar-refractivity contribution in [2.75, 3.05) is 30.3 Å². The zero-order chi connectivity index (χ0) is 19.5. The molecule has 1 aromatic carbocycles. The van der Waals surface area contributed by atoms with Gasteiger partial charge in [0.05, 0.1) is 12.9 Å². The molecule has 3 heterocycles. The van der Waals surface area contributed by atoms with E-state index in [1.165, 1.54) is 17.2 Å². The lowest BCUT2D eigenvalue weighted by molar-refractivity contribution is -0.0511. The number of benzene rings is 1. The van der Waals surface area contributed by atoms with Crippen molar-refractivity contribution in [3.63, 3.8) is 0 Å². The van der Waals surface area contributed by atoms with Crippen molar-refractivity contribution in [2.45, 2.75) is 24.5 Å². The van der Waals surface area contributed by atoms with E-state index in [-0.39, 0.29) is 0 Å². The lowest BCUT2D eigenvalue weighted by Crippen LogP contribution is -2.33. The normalized spacial score (nSPS) is 24.5. The SMILES string of the molecule is OC[C@H]1O[C@@H](n2cnc3c(NCCNc4ccccc4)ncnc32)[C@H](O)[C@@H]1O. The number of ether oxygens (including phenoxy) is 1. The summed E-state index contributed by atoms with van der Waals surface area (Å²) in [4.78, 5) is 12.8. The lowest BCUT2D eigenvalue weighted by Gasteiger charge is -2.16. The minimum atomic E-state index is -1.20. The van der Waals surface area contributed by atoms with Crippen molar-refractivity contribution < 1.29 is 20.1 Å². The largest absolute Gasteiger partial charge is 0.394 e. The summed E-state index contributed by atoms with van der Waals surface area (Å²) < 4.78 is 7.09. The summed E-state index contributed by atoms with van der Waals surface area (Å²) in [6.07, 6.45) is -1.26. The fraction of sp³-hybridized carbons (Fsp3) is 0.389. The Morgan fingerprint density at radius 2 is 1.79 bits per heavy atom. The third-order valence-electron chi connectivity index (χ3n) is 4.67. The van der Waals surface area contributed by atoms with Crippen LogP contribution in [0.5, 0.6) is 0 Å². The van der Waals surface area contributed by atoms with E-state index in [0.717, 1.165) is 5.69 Å². The van der Waals surface area contributed by atoms with E-state index in [0.29, 0.717) is 30.1 Å². The van der Waals surface area contributed by atoms with Crippen LogP contribution in [0, 0.1) is 0 Å². The number of hydrogen-bond donors (Lipinski definition) is 5. The molecule has 1 aliphatic rings. The second kappa shape index (κ2) is 8.07. The molecule has 0 amide bonds. The summed E-state index contributed by atoms with van der Waals surface area (Å²) in [6, 6.07) is 9.88. The Morgan fingerprint density at radius 1 is 1.00 bits per heavy atom. The van der Waals surface area contributed by atoms with Crippen molar-refractivity contribution in [1.29, 1.82) is 0 Å². The van der Waals surface area contributed by atoms with Crippen molar-refractivity contribution in [3.8, 4) is 0 Å². The fourth-order valence-electron chi connectivity index (χ4n) is 3.22. The number of nitrogens with one attached hydrogen (secondary N) is 2. The molecular formula is C18H22N6O4. The molecule has 4 atom stereocenters. The molecule has 2 aromatic heterocycles. The lowest BCUT2D eigenvalue weighted by atomic mass is 10.1. The van der Waals surface area contributed by atoms with Crippen LogP contribution in [0.3, 0.4) is 0 Å². The summed E-state index contributed by atoms with van der Waals surface area (Å²) in [5.74, 6) is 0.561. The summed E-state index contributed by atoms with van der Waals surface area (Å²) in [7, 11) is 0. The number of aliphatic hydroxyl groups is 3. The minimum Gasteiger partial charge on any atom is -0.394 e. The average Bonchev–Trinajstić information content (AvgIpc) is 3.28. The third-order valence-corrected chi connectivity index (χ3v) is 4.67. The Labute approximate surface area is 160 Å². The first-order valence-electron chi connectivity index (χ1n) is 9.02. The topological polar surface area (TPSA) is 138 Å². The molecule has 1 saturated heterocycles. The molecule has 1 fully saturated rings. The van der Waals surface area contributed by atoms with E-state index in [1.54, 1.807) is 0 Å². The number of hydrogen-bond acceptors (Lipinski definition) is 9. The molecule has 10 nitrogen and oxygen atoms in total. The third kappa shape index (κ3) is 3.50. The molecule has 0 aliphatic carbocycles. The Bertz CT molecular complexity index is 921. The number of para-hydroxylation sites is 1. The van der Waals surface area contributed by atoms with Crippen LogP contribution in [0.25, 0.3) is 11.2 Å². The van der Waals surface area contributed by atoms with E-state index in [4.69, 9.17) is 4.74 Å². The van der Waals surface area contributed by atoms with Crippen molar-refractivity contribution in [1.82, 2.24) is 19.5 Å². The summed E-state index contributed by atoms with van der Waals surface area (Å²) in [5, 5.41) is 36.0. The van der Waals surface area contributed by atoms with Crippen molar-refractivity contribution in [3.05, 3.63) is 43.0 Å². The Morgan fingerprint density at radius 3 is 2.54 bits per heavy atom. The maximum absolute atomic E-state index is 10.2. The van der Waals surface area contributed by atoms with Crippen LogP contribution in [-0.4, -0.2) is 72.8 Å². The molecule has 3 aromatic rings. The van der Waals surface area contributed by atoms with Gasteiger partial charge in [0.25, 0.3) is 0 Å². The molecule has 0 spiro atoms. The van der Waals surface area contributed by atoms with Gasteiger partial charge in [0.15, 0.2) is 23.2 Å². The number of rotatable bonds is 7. The number of aliphatic hydroxyl groups excluding tert-OH is 3. The highest BCUT2D eigenvalue weighted by Crippen LogP contribution is 2.31. The molecule has 0 radical (unpaired) electrons. The highest BCUT2D eigenvalue weighted by Gasteiger charge is 2.44. The first kappa shape index (κ1) is 18.6. The molecule has 0 unspecified atom stereocenters. The second-order valence-corrected chi connectivity index (χ2v) is 6.49. The van der Waals surface area contributed by atoms with Crippen LogP contribution in [0.15, 0.2) is 43.0 Å². The van der Waals surface area contributed by atoms with Crippen LogP contribution in [0.2, 0.25) is 0 Å². The first-order chi connectivity index (χ1) is 13.7. The smallest absolute Gasteiger partial charge is 0.167 e. The molecule has 10 heteroatoms. The number of anilines is 2. The van der Waals surface area contributed by atoms with Gasteiger partial charge >= 0.3 is 0 Å². The minimum absolute atomic E-state index is 0.391. The Balaban J connectivity index is 1.46. The monoisotopic (exact) mass is 386 g/mol. The molecule has 1 aliphatic heterocycles. The molecular weight excluding hydrogens is 364 g/mol. The number of aromatic nitrogens is 4. The van der Waals surface area contributed by atoms with Gasteiger partial charge in [-0.2, -0.15) is 0 Å². The quantitative estimate of drug-likeness (QED) is 0.354. The van der Waals surface area contributed by atoms with Crippen LogP contribution < -0.4 is 10.6 Å². The van der Waals surface area contributed by atoms with Gasteiger partial charge in [0.2, 0.25) is 0 Å². The summed E-state index contributed by atoms with van der Waals surface area (Å²) in [6.45, 7) is 0.907. The van der Waals surface area contributed by atoms with E-state index >= 15 is 0 Å². The highest BCUT2D eigenvalue weighted by atomic mass is 16.6. The maximum Gasteiger partial charge on any atom is 0.167 e.